The van der Waals surface area contributed by atoms with Gasteiger partial charge < -0.3 is 14.4 Å². The number of ether oxygens (including phenoxy) is 2. The Morgan fingerprint density at radius 3 is 2.68 bits per heavy atom. The first-order valence-corrected chi connectivity index (χ1v) is 12.1. The number of amides is 3. The standard InChI is InChI=1S/C24H21BrN2O6S/c1-32-22(29)14-33-19-7-6-18(25)10-17(19)11-20-23(30)27(24(31)34-20)13-21(28)26-9-8-15-4-2-3-5-16(15)12-26/h2-7,10-11H,8-9,12-14H2,1H3/b20-11+. The van der Waals surface area contributed by atoms with Crippen LogP contribution >= 0.6 is 27.7 Å². The first kappa shape index (κ1) is 24.0. The molecular weight excluding hydrogens is 524 g/mol. The SMILES string of the molecule is COC(=O)COc1ccc(Br)cc1/C=C1/SC(=O)N(CC(=O)N2CCc3ccccc3C2)C1=O. The summed E-state index contributed by atoms with van der Waals surface area (Å²) in [5.41, 5.74) is 2.79. The lowest BCUT2D eigenvalue weighted by Gasteiger charge is -2.29. The van der Waals surface area contributed by atoms with Gasteiger partial charge >= 0.3 is 5.97 Å². The lowest BCUT2D eigenvalue weighted by molar-refractivity contribution is -0.143. The van der Waals surface area contributed by atoms with Gasteiger partial charge in [-0.3, -0.25) is 19.3 Å². The molecule has 0 spiro atoms. The molecular formula is C24H21BrN2O6S. The average Bonchev–Trinajstić information content (AvgIpc) is 3.10. The second-order valence-corrected chi connectivity index (χ2v) is 9.56. The molecule has 0 aromatic heterocycles. The van der Waals surface area contributed by atoms with E-state index in [2.05, 4.69) is 20.7 Å². The van der Waals surface area contributed by atoms with Crippen molar-refractivity contribution in [3.8, 4) is 5.75 Å². The van der Waals surface area contributed by atoms with E-state index in [1.54, 1.807) is 23.1 Å². The van der Waals surface area contributed by atoms with E-state index in [9.17, 15) is 19.2 Å². The van der Waals surface area contributed by atoms with E-state index in [0.29, 0.717) is 24.4 Å². The molecule has 176 valence electrons. The molecule has 3 amide bonds. The molecule has 0 N–H and O–H groups in total. The van der Waals surface area contributed by atoms with Crippen molar-refractivity contribution in [1.29, 1.82) is 0 Å². The Balaban J connectivity index is 1.47. The number of carbonyl (C=O) groups excluding carboxylic acids is 4. The minimum atomic E-state index is -0.548. The van der Waals surface area contributed by atoms with Gasteiger partial charge in [-0.15, -0.1) is 0 Å². The van der Waals surface area contributed by atoms with Crippen LogP contribution in [0.15, 0.2) is 51.8 Å². The summed E-state index contributed by atoms with van der Waals surface area (Å²) in [7, 11) is 1.26. The molecule has 0 atom stereocenters. The van der Waals surface area contributed by atoms with Crippen LogP contribution in [0, 0.1) is 0 Å². The smallest absolute Gasteiger partial charge is 0.343 e. The number of nitrogens with zero attached hydrogens (tertiary/aromatic N) is 2. The topological polar surface area (TPSA) is 93.2 Å². The highest BCUT2D eigenvalue weighted by molar-refractivity contribution is 9.10. The predicted octanol–water partition coefficient (Wildman–Crippen LogP) is 3.62. The third kappa shape index (κ3) is 5.34. The highest BCUT2D eigenvalue weighted by Crippen LogP contribution is 2.35. The summed E-state index contributed by atoms with van der Waals surface area (Å²) in [6, 6.07) is 13.0. The fraction of sp³-hybridized carbons (Fsp3) is 0.250. The Bertz CT molecular complexity index is 1200. The molecule has 0 saturated carbocycles. The maximum Gasteiger partial charge on any atom is 0.343 e. The van der Waals surface area contributed by atoms with Crippen molar-refractivity contribution >= 4 is 56.8 Å². The van der Waals surface area contributed by atoms with Gasteiger partial charge in [-0.1, -0.05) is 40.2 Å². The average molecular weight is 545 g/mol. The van der Waals surface area contributed by atoms with Crippen molar-refractivity contribution in [3.63, 3.8) is 0 Å². The predicted molar refractivity (Wildman–Crippen MR) is 130 cm³/mol. The number of halogens is 1. The Kier molecular flexibility index (Phi) is 7.38. The van der Waals surface area contributed by atoms with Gasteiger partial charge in [0.25, 0.3) is 11.1 Å². The van der Waals surface area contributed by atoms with Crippen LogP contribution in [0.4, 0.5) is 4.79 Å². The van der Waals surface area contributed by atoms with Crippen LogP contribution in [0.3, 0.4) is 0 Å². The van der Waals surface area contributed by atoms with Gasteiger partial charge in [0.05, 0.1) is 12.0 Å². The molecule has 0 bridgehead atoms. The van der Waals surface area contributed by atoms with Crippen molar-refractivity contribution in [2.75, 3.05) is 26.8 Å². The van der Waals surface area contributed by atoms with Crippen LogP contribution in [0.25, 0.3) is 6.08 Å². The van der Waals surface area contributed by atoms with E-state index in [0.717, 1.165) is 33.1 Å². The molecule has 2 heterocycles. The fourth-order valence-electron chi connectivity index (χ4n) is 3.68. The number of hydrogen-bond acceptors (Lipinski definition) is 7. The van der Waals surface area contributed by atoms with Crippen LogP contribution in [0.5, 0.6) is 5.75 Å². The normalized spacial score (nSPS) is 16.6. The first-order valence-electron chi connectivity index (χ1n) is 10.4. The van der Waals surface area contributed by atoms with Crippen molar-refractivity contribution in [3.05, 3.63) is 68.5 Å². The second kappa shape index (κ2) is 10.4. The minimum Gasteiger partial charge on any atom is -0.481 e. The summed E-state index contributed by atoms with van der Waals surface area (Å²) in [5, 5.41) is -0.506. The van der Waals surface area contributed by atoms with Gasteiger partial charge in [-0.05, 0) is 53.6 Å². The van der Waals surface area contributed by atoms with Gasteiger partial charge in [0, 0.05) is 23.1 Å². The maximum absolute atomic E-state index is 13.0. The quantitative estimate of drug-likeness (QED) is 0.405. The Morgan fingerprint density at radius 1 is 1.15 bits per heavy atom. The second-order valence-electron chi connectivity index (χ2n) is 7.65. The zero-order chi connectivity index (χ0) is 24.2. The van der Waals surface area contributed by atoms with Crippen LogP contribution in [-0.2, 0) is 32.1 Å². The third-order valence-corrected chi connectivity index (χ3v) is 6.88. The summed E-state index contributed by atoms with van der Waals surface area (Å²) in [6.45, 7) is 0.392. The number of fused-ring (bicyclic) bond motifs is 1. The molecule has 2 aliphatic rings. The van der Waals surface area contributed by atoms with Gasteiger partial charge in [0.2, 0.25) is 5.91 Å². The summed E-state index contributed by atoms with van der Waals surface area (Å²) in [6.07, 6.45) is 2.25. The zero-order valence-electron chi connectivity index (χ0n) is 18.3. The van der Waals surface area contributed by atoms with Crippen molar-refractivity contribution in [1.82, 2.24) is 9.80 Å². The Hall–Kier alpha value is -3.11. The summed E-state index contributed by atoms with van der Waals surface area (Å²) < 4.78 is 10.8. The Morgan fingerprint density at radius 2 is 1.91 bits per heavy atom. The fourth-order valence-corrected chi connectivity index (χ4v) is 4.89. The minimum absolute atomic E-state index is 0.169. The number of benzene rings is 2. The third-order valence-electron chi connectivity index (χ3n) is 5.48. The molecule has 34 heavy (non-hydrogen) atoms. The largest absolute Gasteiger partial charge is 0.481 e. The molecule has 0 radical (unpaired) electrons. The van der Waals surface area contributed by atoms with Crippen LogP contribution in [0.1, 0.15) is 16.7 Å². The maximum atomic E-state index is 13.0. The van der Waals surface area contributed by atoms with E-state index in [1.807, 2.05) is 24.3 Å². The van der Waals surface area contributed by atoms with Crippen molar-refractivity contribution in [2.45, 2.75) is 13.0 Å². The van der Waals surface area contributed by atoms with Gasteiger partial charge in [0.15, 0.2) is 6.61 Å². The highest BCUT2D eigenvalue weighted by Gasteiger charge is 2.37. The molecule has 0 aliphatic carbocycles. The van der Waals surface area contributed by atoms with E-state index in [1.165, 1.54) is 18.7 Å². The monoisotopic (exact) mass is 544 g/mol. The number of esters is 1. The van der Waals surface area contributed by atoms with Gasteiger partial charge in [0.1, 0.15) is 12.3 Å². The van der Waals surface area contributed by atoms with E-state index >= 15 is 0 Å². The molecule has 2 aromatic carbocycles. The van der Waals surface area contributed by atoms with Crippen LogP contribution in [0.2, 0.25) is 0 Å². The van der Waals surface area contributed by atoms with Gasteiger partial charge in [-0.25, -0.2) is 4.79 Å². The number of rotatable bonds is 6. The number of thioether (sulfide) groups is 1. The van der Waals surface area contributed by atoms with Crippen molar-refractivity contribution < 1.29 is 28.7 Å². The molecule has 0 unspecified atom stereocenters. The first-order chi connectivity index (χ1) is 16.4. The molecule has 1 fully saturated rings. The van der Waals surface area contributed by atoms with Crippen LogP contribution in [-0.4, -0.2) is 59.6 Å². The lowest BCUT2D eigenvalue weighted by Crippen LogP contribution is -2.44. The highest BCUT2D eigenvalue weighted by atomic mass is 79.9. The van der Waals surface area contributed by atoms with Crippen LogP contribution < -0.4 is 4.74 Å². The number of imide groups is 1. The number of carbonyl (C=O) groups is 4. The molecule has 10 heteroatoms. The number of methoxy groups -OCH3 is 1. The van der Waals surface area contributed by atoms with Gasteiger partial charge in [-0.2, -0.15) is 0 Å². The van der Waals surface area contributed by atoms with E-state index in [-0.39, 0.29) is 24.0 Å². The summed E-state index contributed by atoms with van der Waals surface area (Å²) >= 11 is 4.13. The number of hydrogen-bond donors (Lipinski definition) is 0. The van der Waals surface area contributed by atoms with E-state index in [4.69, 9.17) is 4.74 Å². The Labute approximate surface area is 209 Å². The molecule has 2 aliphatic heterocycles. The molecule has 8 nitrogen and oxygen atoms in total. The lowest BCUT2D eigenvalue weighted by atomic mass is 10.00. The molecule has 1 saturated heterocycles. The zero-order valence-corrected chi connectivity index (χ0v) is 20.7. The summed E-state index contributed by atoms with van der Waals surface area (Å²) in [5.74, 6) is -1.02. The molecule has 4 rings (SSSR count). The van der Waals surface area contributed by atoms with E-state index < -0.39 is 17.1 Å². The summed E-state index contributed by atoms with van der Waals surface area (Å²) in [4.78, 5) is 52.6. The molecule has 2 aromatic rings. The van der Waals surface area contributed by atoms with Crippen molar-refractivity contribution in [2.24, 2.45) is 0 Å².